The molecule has 0 aliphatic heterocycles. The van der Waals surface area contributed by atoms with Crippen molar-refractivity contribution in [3.63, 3.8) is 0 Å². The highest BCUT2D eigenvalue weighted by Gasteiger charge is 2.03. The van der Waals surface area contributed by atoms with Gasteiger partial charge >= 0.3 is 0 Å². The Hall–Kier alpha value is -3.87. The first-order valence-electron chi connectivity index (χ1n) is 7.75. The minimum Gasteiger partial charge on any atom is -0.507 e. The van der Waals surface area contributed by atoms with Gasteiger partial charge in [0.05, 0.1) is 17.6 Å². The lowest BCUT2D eigenvalue weighted by molar-refractivity contribution is 0.0955. The van der Waals surface area contributed by atoms with E-state index in [0.717, 1.165) is 5.69 Å². The minimum absolute atomic E-state index is 0.0190. The van der Waals surface area contributed by atoms with Crippen LogP contribution in [0.2, 0.25) is 0 Å². The summed E-state index contributed by atoms with van der Waals surface area (Å²) in [7, 11) is 0. The molecule has 2 aromatic carbocycles. The summed E-state index contributed by atoms with van der Waals surface area (Å²) in [5.41, 5.74) is 4.51. The number of carbonyl (C=O) groups excluding carboxylic acids is 1. The van der Waals surface area contributed by atoms with E-state index in [0.29, 0.717) is 16.8 Å². The summed E-state index contributed by atoms with van der Waals surface area (Å²) in [6, 6.07) is 17.2. The summed E-state index contributed by atoms with van der Waals surface area (Å²) in [6.07, 6.45) is 4.38. The number of rotatable bonds is 5. The van der Waals surface area contributed by atoms with Gasteiger partial charge in [-0.2, -0.15) is 15.3 Å². The van der Waals surface area contributed by atoms with Crippen molar-refractivity contribution in [1.29, 1.82) is 0 Å². The monoisotopic (exact) mass is 345 g/mol. The number of amides is 1. The third kappa shape index (κ3) is 4.57. The fourth-order valence-corrected chi connectivity index (χ4v) is 2.05. The van der Waals surface area contributed by atoms with E-state index in [1.54, 1.807) is 24.3 Å². The number of carbonyl (C=O) groups is 1. The maximum atomic E-state index is 11.9. The zero-order valence-electron chi connectivity index (χ0n) is 13.6. The Morgan fingerprint density at radius 2 is 1.69 bits per heavy atom. The lowest BCUT2D eigenvalue weighted by Crippen LogP contribution is -2.17. The summed E-state index contributed by atoms with van der Waals surface area (Å²) in [5.74, 6) is -0.353. The lowest BCUT2D eigenvalue weighted by Gasteiger charge is -2.01. The molecule has 1 aromatic heterocycles. The van der Waals surface area contributed by atoms with Gasteiger partial charge in [0.1, 0.15) is 5.75 Å². The number of hydrogen-bond acceptors (Lipinski definition) is 6. The number of pyridine rings is 1. The van der Waals surface area contributed by atoms with Crippen LogP contribution < -0.4 is 5.43 Å². The van der Waals surface area contributed by atoms with E-state index in [1.807, 2.05) is 30.3 Å². The highest BCUT2D eigenvalue weighted by atomic mass is 16.3. The molecule has 3 aromatic rings. The zero-order chi connectivity index (χ0) is 18.2. The third-order valence-electron chi connectivity index (χ3n) is 3.36. The minimum atomic E-state index is -0.372. The van der Waals surface area contributed by atoms with Gasteiger partial charge in [0.15, 0.2) is 0 Å². The van der Waals surface area contributed by atoms with Crippen molar-refractivity contribution in [1.82, 2.24) is 10.4 Å². The molecule has 0 aliphatic rings. The molecule has 0 radical (unpaired) electrons. The van der Waals surface area contributed by atoms with Gasteiger partial charge in [-0.1, -0.05) is 18.2 Å². The summed E-state index contributed by atoms with van der Waals surface area (Å²) in [6.45, 7) is 0. The van der Waals surface area contributed by atoms with E-state index in [4.69, 9.17) is 0 Å². The van der Waals surface area contributed by atoms with Gasteiger partial charge in [-0.3, -0.25) is 9.78 Å². The molecule has 0 atom stereocenters. The molecule has 7 nitrogen and oxygen atoms in total. The Morgan fingerprint density at radius 1 is 0.962 bits per heavy atom. The molecule has 0 fully saturated rings. The van der Waals surface area contributed by atoms with Crippen LogP contribution >= 0.6 is 0 Å². The molecule has 2 N–H and O–H groups in total. The average Bonchev–Trinajstić information content (AvgIpc) is 2.69. The standard InChI is InChI=1S/C19H15N5O2/c25-18-7-6-17(23-22-16-4-2-1-3-5-16)12-15(18)13-21-24-19(26)14-8-10-20-11-9-14/h1-13,25H,(H,24,26). The highest BCUT2D eigenvalue weighted by Crippen LogP contribution is 2.23. The molecule has 0 saturated heterocycles. The number of hydrazone groups is 1. The van der Waals surface area contributed by atoms with Crippen LogP contribution in [0.4, 0.5) is 11.4 Å². The largest absolute Gasteiger partial charge is 0.507 e. The summed E-state index contributed by atoms with van der Waals surface area (Å²) < 4.78 is 0. The Labute approximate surface area is 149 Å². The van der Waals surface area contributed by atoms with E-state index in [1.165, 1.54) is 24.7 Å². The number of aromatic hydroxyl groups is 1. The molecule has 128 valence electrons. The molecule has 1 heterocycles. The van der Waals surface area contributed by atoms with E-state index >= 15 is 0 Å². The van der Waals surface area contributed by atoms with Crippen LogP contribution in [0.3, 0.4) is 0 Å². The van der Waals surface area contributed by atoms with Crippen molar-refractivity contribution in [3.8, 4) is 5.75 Å². The van der Waals surface area contributed by atoms with Gasteiger partial charge < -0.3 is 5.11 Å². The molecule has 0 saturated carbocycles. The molecule has 3 rings (SSSR count). The van der Waals surface area contributed by atoms with Crippen LogP contribution in [0.25, 0.3) is 0 Å². The molecule has 1 amide bonds. The Balaban J connectivity index is 1.69. The fourth-order valence-electron chi connectivity index (χ4n) is 2.05. The fraction of sp³-hybridized carbons (Fsp3) is 0. The summed E-state index contributed by atoms with van der Waals surface area (Å²) in [5, 5.41) is 22.0. The molecule has 7 heteroatoms. The van der Waals surface area contributed by atoms with Crippen molar-refractivity contribution in [3.05, 3.63) is 84.2 Å². The Bertz CT molecular complexity index is 941. The molecule has 26 heavy (non-hydrogen) atoms. The number of phenols is 1. The van der Waals surface area contributed by atoms with Crippen LogP contribution in [0.15, 0.2) is 88.4 Å². The molecule has 0 spiro atoms. The number of benzene rings is 2. The van der Waals surface area contributed by atoms with Crippen LogP contribution in [-0.4, -0.2) is 22.2 Å². The SMILES string of the molecule is O=C(NN=Cc1cc(N=Nc2ccccc2)ccc1O)c1ccncc1. The first-order valence-corrected chi connectivity index (χ1v) is 7.75. The number of hydrogen-bond donors (Lipinski definition) is 2. The smallest absolute Gasteiger partial charge is 0.271 e. The second-order valence-corrected chi connectivity index (χ2v) is 5.21. The molecule has 0 unspecified atom stereocenters. The number of nitrogens with one attached hydrogen (secondary N) is 1. The van der Waals surface area contributed by atoms with E-state index in [-0.39, 0.29) is 11.7 Å². The van der Waals surface area contributed by atoms with Crippen molar-refractivity contribution < 1.29 is 9.90 Å². The number of azo groups is 1. The second kappa shape index (κ2) is 8.29. The van der Waals surface area contributed by atoms with Crippen LogP contribution in [0.1, 0.15) is 15.9 Å². The normalized spacial score (nSPS) is 11.1. The van der Waals surface area contributed by atoms with Crippen molar-refractivity contribution in [2.75, 3.05) is 0 Å². The van der Waals surface area contributed by atoms with Crippen molar-refractivity contribution in [2.24, 2.45) is 15.3 Å². The highest BCUT2D eigenvalue weighted by molar-refractivity contribution is 5.95. The van der Waals surface area contributed by atoms with E-state index in [9.17, 15) is 9.90 Å². The van der Waals surface area contributed by atoms with Gasteiger partial charge in [0.2, 0.25) is 0 Å². The number of aromatic nitrogens is 1. The second-order valence-electron chi connectivity index (χ2n) is 5.21. The number of phenolic OH excluding ortho intramolecular Hbond substituents is 1. The Kier molecular flexibility index (Phi) is 5.41. The van der Waals surface area contributed by atoms with E-state index < -0.39 is 0 Å². The first-order chi connectivity index (χ1) is 12.7. The number of nitrogens with zero attached hydrogens (tertiary/aromatic N) is 4. The van der Waals surface area contributed by atoms with Crippen LogP contribution in [0.5, 0.6) is 5.75 Å². The lowest BCUT2D eigenvalue weighted by atomic mass is 10.2. The van der Waals surface area contributed by atoms with Crippen molar-refractivity contribution in [2.45, 2.75) is 0 Å². The maximum Gasteiger partial charge on any atom is 0.271 e. The summed E-state index contributed by atoms with van der Waals surface area (Å²) in [4.78, 5) is 15.7. The van der Waals surface area contributed by atoms with Crippen molar-refractivity contribution >= 4 is 23.5 Å². The first kappa shape index (κ1) is 17.0. The predicted molar refractivity (Wildman–Crippen MR) is 98.0 cm³/mol. The van der Waals surface area contributed by atoms with E-state index in [2.05, 4.69) is 25.7 Å². The van der Waals surface area contributed by atoms with Gasteiger partial charge in [-0.15, -0.1) is 0 Å². The molecule has 0 aliphatic carbocycles. The predicted octanol–water partition coefficient (Wildman–Crippen LogP) is 3.97. The van der Waals surface area contributed by atoms with Gasteiger partial charge in [-0.25, -0.2) is 5.43 Å². The maximum absolute atomic E-state index is 11.9. The van der Waals surface area contributed by atoms with Gasteiger partial charge in [-0.05, 0) is 42.5 Å². The topological polar surface area (TPSA) is 99.3 Å². The van der Waals surface area contributed by atoms with Gasteiger partial charge in [0.25, 0.3) is 5.91 Å². The molecular formula is C19H15N5O2. The molecule has 0 bridgehead atoms. The zero-order valence-corrected chi connectivity index (χ0v) is 13.6. The van der Waals surface area contributed by atoms with Gasteiger partial charge in [0, 0.05) is 23.5 Å². The average molecular weight is 345 g/mol. The summed E-state index contributed by atoms with van der Waals surface area (Å²) >= 11 is 0. The molecular weight excluding hydrogens is 330 g/mol. The van der Waals surface area contributed by atoms with Crippen LogP contribution in [-0.2, 0) is 0 Å². The Morgan fingerprint density at radius 3 is 2.46 bits per heavy atom. The quantitative estimate of drug-likeness (QED) is 0.416. The van der Waals surface area contributed by atoms with Crippen LogP contribution in [0, 0.1) is 0 Å². The third-order valence-corrected chi connectivity index (χ3v) is 3.36.